The lowest BCUT2D eigenvalue weighted by molar-refractivity contribution is -0.137. The fraction of sp³-hybridized carbons (Fsp3) is 0.429. The van der Waals surface area contributed by atoms with Crippen LogP contribution in [0.2, 0.25) is 0 Å². The van der Waals surface area contributed by atoms with Gasteiger partial charge in [0.25, 0.3) is 5.91 Å². The Balaban J connectivity index is 2.05. The zero-order valence-corrected chi connectivity index (χ0v) is 10.8. The number of fused-ring (bicyclic) bond motifs is 1. The average Bonchev–Trinajstić information content (AvgIpc) is 2.38. The van der Waals surface area contributed by atoms with Gasteiger partial charge in [-0.25, -0.2) is 0 Å². The molecular weight excluding hydrogens is 246 g/mol. The van der Waals surface area contributed by atoms with Gasteiger partial charge in [-0.15, -0.1) is 0 Å². The molecular formula is C14H17NO4. The molecule has 0 saturated heterocycles. The van der Waals surface area contributed by atoms with E-state index in [1.165, 1.54) is 0 Å². The maximum absolute atomic E-state index is 12.1. The molecule has 19 heavy (non-hydrogen) atoms. The number of anilines is 1. The van der Waals surface area contributed by atoms with Crippen molar-refractivity contribution in [3.05, 3.63) is 24.3 Å². The number of carbonyl (C=O) groups excluding carboxylic acids is 1. The Morgan fingerprint density at radius 2 is 2.11 bits per heavy atom. The van der Waals surface area contributed by atoms with Crippen molar-refractivity contribution < 1.29 is 19.4 Å². The van der Waals surface area contributed by atoms with Crippen molar-refractivity contribution in [2.24, 2.45) is 0 Å². The summed E-state index contributed by atoms with van der Waals surface area (Å²) >= 11 is 0. The van der Waals surface area contributed by atoms with Crippen molar-refractivity contribution in [3.8, 4) is 5.75 Å². The first-order chi connectivity index (χ1) is 9.09. The monoisotopic (exact) mass is 263 g/mol. The van der Waals surface area contributed by atoms with Crippen molar-refractivity contribution in [2.75, 3.05) is 11.4 Å². The molecule has 0 fully saturated rings. The first-order valence-corrected chi connectivity index (χ1v) is 6.38. The number of nitrogens with zero attached hydrogens (tertiary/aromatic N) is 1. The number of carboxylic acid groups (broad SMARTS) is 1. The predicted octanol–water partition coefficient (Wildman–Crippen LogP) is 2.06. The van der Waals surface area contributed by atoms with Crippen LogP contribution in [0.3, 0.4) is 0 Å². The van der Waals surface area contributed by atoms with Gasteiger partial charge in [0.05, 0.1) is 5.69 Å². The standard InChI is InChI=1S/C14H17NO4/c1-10-14(18)15(9-5-4-8-13(16)17)11-6-2-3-7-12(11)19-10/h2-3,6-7,10H,4-5,8-9H2,1H3,(H,16,17). The van der Waals surface area contributed by atoms with Gasteiger partial charge in [-0.3, -0.25) is 9.59 Å². The minimum atomic E-state index is -0.804. The number of unbranched alkanes of at least 4 members (excludes halogenated alkanes) is 1. The van der Waals surface area contributed by atoms with Crippen molar-refractivity contribution in [2.45, 2.75) is 32.3 Å². The third-order valence-electron chi connectivity index (χ3n) is 3.10. The molecule has 0 spiro atoms. The fourth-order valence-corrected chi connectivity index (χ4v) is 2.14. The predicted molar refractivity (Wildman–Crippen MR) is 70.4 cm³/mol. The van der Waals surface area contributed by atoms with Gasteiger partial charge in [-0.1, -0.05) is 12.1 Å². The molecule has 0 aliphatic carbocycles. The molecule has 1 aliphatic rings. The Hall–Kier alpha value is -2.04. The van der Waals surface area contributed by atoms with E-state index in [-0.39, 0.29) is 12.3 Å². The number of hydrogen-bond acceptors (Lipinski definition) is 3. The molecule has 1 amide bonds. The number of hydrogen-bond donors (Lipinski definition) is 1. The highest BCUT2D eigenvalue weighted by Crippen LogP contribution is 2.33. The number of rotatable bonds is 5. The molecule has 1 N–H and O–H groups in total. The molecule has 0 saturated carbocycles. The van der Waals surface area contributed by atoms with E-state index in [2.05, 4.69) is 0 Å². The molecule has 1 atom stereocenters. The summed E-state index contributed by atoms with van der Waals surface area (Å²) in [5.74, 6) is -0.177. The number of aliphatic carboxylic acids is 1. The number of ether oxygens (including phenoxy) is 1. The number of carbonyl (C=O) groups is 2. The van der Waals surface area contributed by atoms with E-state index in [9.17, 15) is 9.59 Å². The van der Waals surface area contributed by atoms with Crippen molar-refractivity contribution in [3.63, 3.8) is 0 Å². The summed E-state index contributed by atoms with van der Waals surface area (Å²) in [7, 11) is 0. The molecule has 1 aromatic rings. The van der Waals surface area contributed by atoms with Gasteiger partial charge in [0.1, 0.15) is 5.75 Å². The lowest BCUT2D eigenvalue weighted by atomic mass is 10.1. The van der Waals surface area contributed by atoms with Crippen LogP contribution in [0.4, 0.5) is 5.69 Å². The maximum atomic E-state index is 12.1. The van der Waals surface area contributed by atoms with Crippen LogP contribution in [0.1, 0.15) is 26.2 Å². The molecule has 0 aromatic heterocycles. The van der Waals surface area contributed by atoms with Crippen LogP contribution in [0.15, 0.2) is 24.3 Å². The number of para-hydroxylation sites is 2. The van der Waals surface area contributed by atoms with Crippen LogP contribution in [0.5, 0.6) is 5.75 Å². The Morgan fingerprint density at radius 3 is 2.84 bits per heavy atom. The van der Waals surface area contributed by atoms with E-state index < -0.39 is 12.1 Å². The van der Waals surface area contributed by atoms with Gasteiger partial charge in [0.15, 0.2) is 6.10 Å². The lowest BCUT2D eigenvalue weighted by Crippen LogP contribution is -2.44. The van der Waals surface area contributed by atoms with Gasteiger partial charge < -0.3 is 14.7 Å². The Kier molecular flexibility index (Phi) is 4.04. The van der Waals surface area contributed by atoms with Crippen LogP contribution in [0, 0.1) is 0 Å². The van der Waals surface area contributed by atoms with Crippen LogP contribution >= 0.6 is 0 Å². The second-order valence-electron chi connectivity index (χ2n) is 4.57. The van der Waals surface area contributed by atoms with Gasteiger partial charge in [-0.2, -0.15) is 0 Å². The first kappa shape index (κ1) is 13.4. The zero-order chi connectivity index (χ0) is 13.8. The summed E-state index contributed by atoms with van der Waals surface area (Å²) in [6.45, 7) is 2.25. The van der Waals surface area contributed by atoms with Crippen LogP contribution < -0.4 is 9.64 Å². The second kappa shape index (κ2) is 5.73. The second-order valence-corrected chi connectivity index (χ2v) is 4.57. The summed E-state index contributed by atoms with van der Waals surface area (Å²) in [6, 6.07) is 7.40. The van der Waals surface area contributed by atoms with Gasteiger partial charge >= 0.3 is 5.97 Å². The number of carboxylic acids is 1. The summed E-state index contributed by atoms with van der Waals surface area (Å²) in [6.07, 6.45) is 0.875. The molecule has 5 heteroatoms. The SMILES string of the molecule is CC1Oc2ccccc2N(CCCCC(=O)O)C1=O. The van der Waals surface area contributed by atoms with Gasteiger partial charge in [-0.05, 0) is 31.9 Å². The topological polar surface area (TPSA) is 66.8 Å². The summed E-state index contributed by atoms with van der Waals surface area (Å²) in [5.41, 5.74) is 0.765. The summed E-state index contributed by atoms with van der Waals surface area (Å²) in [4.78, 5) is 24.3. The summed E-state index contributed by atoms with van der Waals surface area (Å²) < 4.78 is 5.53. The highest BCUT2D eigenvalue weighted by atomic mass is 16.5. The largest absolute Gasteiger partial charge is 0.481 e. The Morgan fingerprint density at radius 1 is 1.37 bits per heavy atom. The van der Waals surface area contributed by atoms with E-state index in [4.69, 9.17) is 9.84 Å². The first-order valence-electron chi connectivity index (χ1n) is 6.38. The third kappa shape index (κ3) is 3.05. The maximum Gasteiger partial charge on any atom is 0.303 e. The minimum Gasteiger partial charge on any atom is -0.481 e. The van der Waals surface area contributed by atoms with Gasteiger partial charge in [0.2, 0.25) is 0 Å². The van der Waals surface area contributed by atoms with E-state index >= 15 is 0 Å². The van der Waals surface area contributed by atoms with Crippen molar-refractivity contribution >= 4 is 17.6 Å². The van der Waals surface area contributed by atoms with E-state index in [0.717, 1.165) is 5.69 Å². The minimum absolute atomic E-state index is 0.0750. The molecule has 5 nitrogen and oxygen atoms in total. The number of benzene rings is 1. The quantitative estimate of drug-likeness (QED) is 0.826. The molecule has 1 aromatic carbocycles. The van der Waals surface area contributed by atoms with E-state index in [0.29, 0.717) is 25.1 Å². The van der Waals surface area contributed by atoms with Crippen LogP contribution in [0.25, 0.3) is 0 Å². The Bertz CT molecular complexity index is 486. The fourth-order valence-electron chi connectivity index (χ4n) is 2.14. The molecule has 102 valence electrons. The molecule has 0 radical (unpaired) electrons. The van der Waals surface area contributed by atoms with Crippen LogP contribution in [-0.4, -0.2) is 29.6 Å². The third-order valence-corrected chi connectivity index (χ3v) is 3.10. The van der Waals surface area contributed by atoms with Crippen LogP contribution in [-0.2, 0) is 9.59 Å². The molecule has 0 bridgehead atoms. The molecule has 1 unspecified atom stereocenters. The van der Waals surface area contributed by atoms with E-state index in [1.54, 1.807) is 11.8 Å². The molecule has 1 heterocycles. The van der Waals surface area contributed by atoms with Gasteiger partial charge in [0, 0.05) is 13.0 Å². The zero-order valence-electron chi connectivity index (χ0n) is 10.8. The smallest absolute Gasteiger partial charge is 0.303 e. The molecule has 1 aliphatic heterocycles. The summed E-state index contributed by atoms with van der Waals surface area (Å²) in [5, 5.41) is 8.60. The highest BCUT2D eigenvalue weighted by Gasteiger charge is 2.30. The number of amides is 1. The van der Waals surface area contributed by atoms with Crippen molar-refractivity contribution in [1.82, 2.24) is 0 Å². The highest BCUT2D eigenvalue weighted by molar-refractivity contribution is 5.99. The normalized spacial score (nSPS) is 17.8. The average molecular weight is 263 g/mol. The Labute approximate surface area is 111 Å². The van der Waals surface area contributed by atoms with E-state index in [1.807, 2.05) is 24.3 Å². The molecule has 2 rings (SSSR count). The lowest BCUT2D eigenvalue weighted by Gasteiger charge is -2.33. The van der Waals surface area contributed by atoms with Crippen molar-refractivity contribution in [1.29, 1.82) is 0 Å².